The van der Waals surface area contributed by atoms with E-state index in [9.17, 15) is 4.39 Å². The largest absolute Gasteiger partial charge is 0.207 e. The zero-order valence-electron chi connectivity index (χ0n) is 10.8. The normalized spacial score (nSPS) is 36.2. The topological polar surface area (TPSA) is 0 Å². The third-order valence-electron chi connectivity index (χ3n) is 4.97. The summed E-state index contributed by atoms with van der Waals surface area (Å²) in [6, 6.07) is 5.77. The zero-order chi connectivity index (χ0) is 12.0. The van der Waals surface area contributed by atoms with Gasteiger partial charge in [0.25, 0.3) is 0 Å². The van der Waals surface area contributed by atoms with Crippen molar-refractivity contribution in [3.05, 3.63) is 35.1 Å². The first-order valence-electron chi connectivity index (χ1n) is 6.88. The summed E-state index contributed by atoms with van der Waals surface area (Å²) >= 11 is 0. The minimum atomic E-state index is -0.0654. The molecular formula is C16H21F. The first-order valence-corrected chi connectivity index (χ1v) is 6.88. The van der Waals surface area contributed by atoms with Crippen LogP contribution in [0.2, 0.25) is 0 Å². The van der Waals surface area contributed by atoms with Crippen molar-refractivity contribution in [2.45, 2.75) is 51.4 Å². The highest BCUT2D eigenvalue weighted by Crippen LogP contribution is 2.62. The molecular weight excluding hydrogens is 211 g/mol. The second-order valence-electron chi connectivity index (χ2n) is 6.25. The van der Waals surface area contributed by atoms with E-state index in [0.717, 1.165) is 17.4 Å². The minimum Gasteiger partial charge on any atom is -0.207 e. The Labute approximate surface area is 103 Å². The summed E-state index contributed by atoms with van der Waals surface area (Å²) < 4.78 is 13.3. The van der Waals surface area contributed by atoms with Crippen LogP contribution in [0.4, 0.5) is 4.39 Å². The molecule has 1 aromatic rings. The third-order valence-corrected chi connectivity index (χ3v) is 4.97. The highest BCUT2D eigenvalue weighted by atomic mass is 19.1. The number of benzene rings is 1. The standard InChI is InChI=1S/C16H21F/c1-11-4-3-7-16(10-14(16)8-11)13-5-6-15(17)12(2)9-13/h5-6,9,11,14H,3-4,7-8,10H2,1-2H3. The highest BCUT2D eigenvalue weighted by molar-refractivity contribution is 5.37. The predicted octanol–water partition coefficient (Wildman–Crippen LogP) is 4.60. The lowest BCUT2D eigenvalue weighted by atomic mass is 9.88. The predicted molar refractivity (Wildman–Crippen MR) is 68.6 cm³/mol. The van der Waals surface area contributed by atoms with E-state index in [1.54, 1.807) is 6.07 Å². The Hall–Kier alpha value is -0.850. The van der Waals surface area contributed by atoms with E-state index >= 15 is 0 Å². The Morgan fingerprint density at radius 3 is 2.94 bits per heavy atom. The Bertz CT molecular complexity index is 437. The van der Waals surface area contributed by atoms with Gasteiger partial charge in [0.15, 0.2) is 0 Å². The van der Waals surface area contributed by atoms with E-state index < -0.39 is 0 Å². The summed E-state index contributed by atoms with van der Waals surface area (Å²) in [5.74, 6) is 1.68. The Morgan fingerprint density at radius 2 is 2.18 bits per heavy atom. The average molecular weight is 232 g/mol. The van der Waals surface area contributed by atoms with E-state index in [1.165, 1.54) is 37.7 Å². The SMILES string of the molecule is Cc1cc(C23CCCC(C)CC2C3)ccc1F. The van der Waals surface area contributed by atoms with Crippen LogP contribution in [0.3, 0.4) is 0 Å². The molecule has 3 rings (SSSR count). The molecule has 2 aliphatic rings. The maximum absolute atomic E-state index is 13.3. The average Bonchev–Trinajstić information content (AvgIpc) is 2.97. The summed E-state index contributed by atoms with van der Waals surface area (Å²) in [7, 11) is 0. The summed E-state index contributed by atoms with van der Waals surface area (Å²) in [4.78, 5) is 0. The van der Waals surface area contributed by atoms with Crippen molar-refractivity contribution in [2.75, 3.05) is 0 Å². The molecule has 0 amide bonds. The summed E-state index contributed by atoms with van der Waals surface area (Å²) in [6.07, 6.45) is 6.73. The Morgan fingerprint density at radius 1 is 1.35 bits per heavy atom. The molecule has 0 spiro atoms. The van der Waals surface area contributed by atoms with E-state index in [2.05, 4.69) is 13.0 Å². The molecule has 17 heavy (non-hydrogen) atoms. The van der Waals surface area contributed by atoms with Gasteiger partial charge in [0.2, 0.25) is 0 Å². The fourth-order valence-electron chi connectivity index (χ4n) is 3.82. The number of halogens is 1. The molecule has 2 saturated carbocycles. The van der Waals surface area contributed by atoms with Gasteiger partial charge in [-0.05, 0) is 60.6 Å². The van der Waals surface area contributed by atoms with Gasteiger partial charge >= 0.3 is 0 Å². The smallest absolute Gasteiger partial charge is 0.126 e. The van der Waals surface area contributed by atoms with Gasteiger partial charge in [-0.1, -0.05) is 31.9 Å². The van der Waals surface area contributed by atoms with E-state index in [4.69, 9.17) is 0 Å². The molecule has 0 saturated heterocycles. The lowest BCUT2D eigenvalue weighted by molar-refractivity contribution is 0.473. The van der Waals surface area contributed by atoms with Crippen molar-refractivity contribution in [2.24, 2.45) is 11.8 Å². The van der Waals surface area contributed by atoms with Crippen molar-refractivity contribution >= 4 is 0 Å². The fraction of sp³-hybridized carbons (Fsp3) is 0.625. The van der Waals surface area contributed by atoms with Gasteiger partial charge in [0.1, 0.15) is 5.82 Å². The van der Waals surface area contributed by atoms with Gasteiger partial charge in [-0.2, -0.15) is 0 Å². The van der Waals surface area contributed by atoms with Crippen LogP contribution in [-0.2, 0) is 5.41 Å². The monoisotopic (exact) mass is 232 g/mol. The second kappa shape index (κ2) is 3.83. The maximum Gasteiger partial charge on any atom is 0.126 e. The van der Waals surface area contributed by atoms with Gasteiger partial charge in [-0.25, -0.2) is 4.39 Å². The van der Waals surface area contributed by atoms with Crippen LogP contribution in [0.5, 0.6) is 0 Å². The number of aryl methyl sites for hydroxylation is 1. The maximum atomic E-state index is 13.3. The third kappa shape index (κ3) is 1.80. The molecule has 3 unspecified atom stereocenters. The van der Waals surface area contributed by atoms with Crippen LogP contribution < -0.4 is 0 Å². The van der Waals surface area contributed by atoms with Gasteiger partial charge in [0, 0.05) is 0 Å². The van der Waals surface area contributed by atoms with Gasteiger partial charge < -0.3 is 0 Å². The molecule has 2 fully saturated rings. The first kappa shape index (κ1) is 11.3. The zero-order valence-corrected chi connectivity index (χ0v) is 10.8. The van der Waals surface area contributed by atoms with E-state index in [-0.39, 0.29) is 5.82 Å². The quantitative estimate of drug-likeness (QED) is 0.663. The minimum absolute atomic E-state index is 0.0654. The van der Waals surface area contributed by atoms with E-state index in [0.29, 0.717) is 5.41 Å². The number of rotatable bonds is 1. The van der Waals surface area contributed by atoms with Crippen LogP contribution >= 0.6 is 0 Å². The summed E-state index contributed by atoms with van der Waals surface area (Å²) in [5.41, 5.74) is 2.62. The van der Waals surface area contributed by atoms with Crippen LogP contribution in [0.1, 0.15) is 50.2 Å². The number of hydrogen-bond donors (Lipinski definition) is 0. The highest BCUT2D eigenvalue weighted by Gasteiger charge is 2.55. The Balaban J connectivity index is 1.91. The fourth-order valence-corrected chi connectivity index (χ4v) is 3.82. The van der Waals surface area contributed by atoms with Crippen LogP contribution in [-0.4, -0.2) is 0 Å². The van der Waals surface area contributed by atoms with Crippen LogP contribution in [0.25, 0.3) is 0 Å². The van der Waals surface area contributed by atoms with Crippen molar-refractivity contribution in [1.82, 2.24) is 0 Å². The van der Waals surface area contributed by atoms with E-state index in [1.807, 2.05) is 13.0 Å². The molecule has 92 valence electrons. The molecule has 0 bridgehead atoms. The van der Waals surface area contributed by atoms with Crippen molar-refractivity contribution in [1.29, 1.82) is 0 Å². The molecule has 1 aromatic carbocycles. The first-order chi connectivity index (χ1) is 8.12. The van der Waals surface area contributed by atoms with Gasteiger partial charge in [0.05, 0.1) is 0 Å². The van der Waals surface area contributed by atoms with Crippen molar-refractivity contribution in [3.63, 3.8) is 0 Å². The van der Waals surface area contributed by atoms with Crippen molar-refractivity contribution in [3.8, 4) is 0 Å². The van der Waals surface area contributed by atoms with Crippen LogP contribution in [0.15, 0.2) is 18.2 Å². The van der Waals surface area contributed by atoms with Crippen molar-refractivity contribution < 1.29 is 4.39 Å². The molecule has 2 aliphatic carbocycles. The lowest BCUT2D eigenvalue weighted by Crippen LogP contribution is -2.09. The molecule has 1 heteroatoms. The molecule has 0 aromatic heterocycles. The van der Waals surface area contributed by atoms with Gasteiger partial charge in [-0.3, -0.25) is 0 Å². The molecule has 0 aliphatic heterocycles. The molecule has 0 radical (unpaired) electrons. The lowest BCUT2D eigenvalue weighted by Gasteiger charge is -2.17. The molecule has 0 N–H and O–H groups in total. The summed E-state index contributed by atoms with van der Waals surface area (Å²) in [5, 5.41) is 0. The molecule has 3 atom stereocenters. The van der Waals surface area contributed by atoms with Gasteiger partial charge in [-0.15, -0.1) is 0 Å². The van der Waals surface area contributed by atoms with Crippen LogP contribution in [0, 0.1) is 24.6 Å². The molecule has 0 heterocycles. The second-order valence-corrected chi connectivity index (χ2v) is 6.25. The molecule has 0 nitrogen and oxygen atoms in total. The number of fused-ring (bicyclic) bond motifs is 1. The Kier molecular flexibility index (Phi) is 2.53. The summed E-state index contributed by atoms with van der Waals surface area (Å²) in [6.45, 7) is 4.26. The number of hydrogen-bond acceptors (Lipinski definition) is 0.